The van der Waals surface area contributed by atoms with Gasteiger partial charge in [0.2, 0.25) is 0 Å². The fourth-order valence-corrected chi connectivity index (χ4v) is 3.61. The largest absolute Gasteiger partial charge is 0.465 e. The van der Waals surface area contributed by atoms with E-state index < -0.39 is 11.9 Å². The number of carbonyl (C=O) groups is 3. The van der Waals surface area contributed by atoms with Gasteiger partial charge in [0, 0.05) is 25.5 Å². The first-order valence-electron chi connectivity index (χ1n) is 9.79. The molecule has 0 N–H and O–H groups in total. The molecule has 1 fully saturated rings. The van der Waals surface area contributed by atoms with Crippen LogP contribution in [0.15, 0.2) is 55.0 Å². The number of aromatic nitrogens is 3. The number of hydrogen-bond acceptors (Lipinski definition) is 6. The second-order valence-electron chi connectivity index (χ2n) is 7.01. The van der Waals surface area contributed by atoms with Gasteiger partial charge in [0.25, 0.3) is 11.8 Å². The Morgan fingerprint density at radius 3 is 2.26 bits per heavy atom. The number of benzene rings is 1. The van der Waals surface area contributed by atoms with E-state index in [-0.39, 0.29) is 17.0 Å². The highest BCUT2D eigenvalue weighted by atomic mass is 16.5. The van der Waals surface area contributed by atoms with Crippen molar-refractivity contribution in [2.45, 2.75) is 13.3 Å². The summed E-state index contributed by atoms with van der Waals surface area (Å²) in [7, 11) is 1.25. The summed E-state index contributed by atoms with van der Waals surface area (Å²) in [4.78, 5) is 42.5. The van der Waals surface area contributed by atoms with Crippen LogP contribution in [0.2, 0.25) is 0 Å². The van der Waals surface area contributed by atoms with Gasteiger partial charge in [0.1, 0.15) is 0 Å². The molecule has 1 saturated heterocycles. The van der Waals surface area contributed by atoms with Crippen molar-refractivity contribution in [1.29, 1.82) is 0 Å². The molecule has 0 radical (unpaired) electrons. The van der Waals surface area contributed by atoms with Gasteiger partial charge in [-0.15, -0.1) is 0 Å². The molecule has 158 valence electrons. The summed E-state index contributed by atoms with van der Waals surface area (Å²) >= 11 is 0. The van der Waals surface area contributed by atoms with Gasteiger partial charge in [-0.1, -0.05) is 18.2 Å². The Morgan fingerprint density at radius 1 is 0.903 bits per heavy atom. The molecule has 1 aliphatic rings. The standard InChI is InChI=1S/C22H21N5O4/c1-15-18(14-24-27(15)16-7-4-3-5-8-16)20(28)25-11-6-12-26(25)21(29)19-13-23-10-9-17(19)22(30)31-2/h3-5,7-10,13-14H,6,11-12H2,1-2H3. The fourth-order valence-electron chi connectivity index (χ4n) is 3.61. The minimum atomic E-state index is -0.636. The van der Waals surface area contributed by atoms with Crippen LogP contribution in [0.4, 0.5) is 0 Å². The average molecular weight is 419 g/mol. The predicted octanol–water partition coefficient (Wildman–Crippen LogP) is 2.27. The van der Waals surface area contributed by atoms with Crippen LogP contribution in [0.3, 0.4) is 0 Å². The van der Waals surface area contributed by atoms with Crippen molar-refractivity contribution >= 4 is 17.8 Å². The van der Waals surface area contributed by atoms with Gasteiger partial charge < -0.3 is 4.74 Å². The third-order valence-corrected chi connectivity index (χ3v) is 5.20. The summed E-state index contributed by atoms with van der Waals surface area (Å²) in [6.45, 7) is 2.55. The molecule has 0 unspecified atom stereocenters. The zero-order valence-corrected chi connectivity index (χ0v) is 17.2. The Hall–Kier alpha value is -4.01. The fraction of sp³-hybridized carbons (Fsp3) is 0.227. The summed E-state index contributed by atoms with van der Waals surface area (Å²) in [5, 5.41) is 7.10. The number of carbonyl (C=O) groups excluding carboxylic acids is 3. The van der Waals surface area contributed by atoms with Crippen molar-refractivity contribution in [3.05, 3.63) is 77.4 Å². The van der Waals surface area contributed by atoms with Gasteiger partial charge in [-0.25, -0.2) is 19.5 Å². The van der Waals surface area contributed by atoms with Crippen molar-refractivity contribution in [3.63, 3.8) is 0 Å². The molecule has 0 atom stereocenters. The maximum atomic E-state index is 13.3. The first kappa shape index (κ1) is 20.3. The molecule has 9 nitrogen and oxygen atoms in total. The molecule has 3 heterocycles. The average Bonchev–Trinajstić information content (AvgIpc) is 3.45. The molecule has 31 heavy (non-hydrogen) atoms. The highest BCUT2D eigenvalue weighted by molar-refractivity contribution is 6.06. The molecule has 2 amide bonds. The number of pyridine rings is 1. The Bertz CT molecular complexity index is 1140. The summed E-state index contributed by atoms with van der Waals surface area (Å²) in [6, 6.07) is 10.9. The van der Waals surface area contributed by atoms with Gasteiger partial charge in [-0.05, 0) is 31.5 Å². The lowest BCUT2D eigenvalue weighted by Crippen LogP contribution is -2.45. The Morgan fingerprint density at radius 2 is 1.58 bits per heavy atom. The minimum Gasteiger partial charge on any atom is -0.465 e. The van der Waals surface area contributed by atoms with Gasteiger partial charge in [0.15, 0.2) is 0 Å². The maximum Gasteiger partial charge on any atom is 0.338 e. The Balaban J connectivity index is 1.63. The van der Waals surface area contributed by atoms with Gasteiger partial charge in [-0.2, -0.15) is 5.10 Å². The summed E-state index contributed by atoms with van der Waals surface area (Å²) < 4.78 is 6.45. The smallest absolute Gasteiger partial charge is 0.338 e. The lowest BCUT2D eigenvalue weighted by Gasteiger charge is -2.28. The lowest BCUT2D eigenvalue weighted by molar-refractivity contribution is 0.0183. The molecule has 3 aromatic rings. The monoisotopic (exact) mass is 419 g/mol. The molecule has 0 bridgehead atoms. The van der Waals surface area contributed by atoms with Crippen LogP contribution in [0.1, 0.15) is 43.2 Å². The van der Waals surface area contributed by atoms with Crippen molar-refractivity contribution in [2.24, 2.45) is 0 Å². The minimum absolute atomic E-state index is 0.0887. The molecule has 0 saturated carbocycles. The number of methoxy groups -OCH3 is 1. The summed E-state index contributed by atoms with van der Waals surface area (Å²) in [5.74, 6) is -1.44. The number of hydrogen-bond donors (Lipinski definition) is 0. The van der Waals surface area contributed by atoms with Crippen LogP contribution in [0.25, 0.3) is 5.69 Å². The Labute approximate surface area is 178 Å². The van der Waals surface area contributed by atoms with Crippen molar-refractivity contribution in [3.8, 4) is 5.69 Å². The number of para-hydroxylation sites is 1. The predicted molar refractivity (Wildman–Crippen MR) is 111 cm³/mol. The molecule has 9 heteroatoms. The van der Waals surface area contributed by atoms with Gasteiger partial charge in [0.05, 0.1) is 41.4 Å². The number of esters is 1. The Kier molecular flexibility index (Phi) is 5.48. The third-order valence-electron chi connectivity index (χ3n) is 5.20. The third kappa shape index (κ3) is 3.65. The lowest BCUT2D eigenvalue weighted by atomic mass is 10.1. The second kappa shape index (κ2) is 8.39. The molecule has 2 aromatic heterocycles. The zero-order valence-electron chi connectivity index (χ0n) is 17.2. The highest BCUT2D eigenvalue weighted by Gasteiger charge is 2.35. The SMILES string of the molecule is COC(=O)c1ccncc1C(=O)N1CCCN1C(=O)c1cnn(-c2ccccc2)c1C. The molecular weight excluding hydrogens is 398 g/mol. The molecule has 1 aliphatic heterocycles. The first-order chi connectivity index (χ1) is 15.0. The van der Waals surface area contributed by atoms with E-state index in [4.69, 9.17) is 4.74 Å². The first-order valence-corrected chi connectivity index (χ1v) is 9.79. The quantitative estimate of drug-likeness (QED) is 0.602. The normalized spacial score (nSPS) is 13.4. The van der Waals surface area contributed by atoms with Crippen molar-refractivity contribution < 1.29 is 19.1 Å². The summed E-state index contributed by atoms with van der Waals surface area (Å²) in [5.41, 5.74) is 2.11. The van der Waals surface area contributed by atoms with Crippen LogP contribution in [-0.4, -0.2) is 62.8 Å². The zero-order chi connectivity index (χ0) is 22.0. The topological polar surface area (TPSA) is 97.6 Å². The number of amides is 2. The van der Waals surface area contributed by atoms with Crippen molar-refractivity contribution in [1.82, 2.24) is 24.8 Å². The van der Waals surface area contributed by atoms with E-state index in [2.05, 4.69) is 10.1 Å². The maximum absolute atomic E-state index is 13.3. The van der Waals surface area contributed by atoms with Crippen molar-refractivity contribution in [2.75, 3.05) is 20.2 Å². The summed E-state index contributed by atoms with van der Waals surface area (Å²) in [6.07, 6.45) is 4.86. The second-order valence-corrected chi connectivity index (χ2v) is 7.01. The molecule has 0 spiro atoms. The number of rotatable bonds is 4. The van der Waals surface area contributed by atoms with Crippen LogP contribution in [0, 0.1) is 6.92 Å². The van der Waals surface area contributed by atoms with Crippen LogP contribution in [0.5, 0.6) is 0 Å². The molecular formula is C22H21N5O4. The van der Waals surface area contributed by atoms with E-state index in [0.717, 1.165) is 5.69 Å². The van der Waals surface area contributed by atoms with E-state index >= 15 is 0 Å². The van der Waals surface area contributed by atoms with Gasteiger partial charge >= 0.3 is 5.97 Å². The highest BCUT2D eigenvalue weighted by Crippen LogP contribution is 2.22. The van der Waals surface area contributed by atoms with E-state index in [0.29, 0.717) is 30.8 Å². The molecule has 0 aliphatic carbocycles. The van der Waals surface area contributed by atoms with E-state index in [1.54, 1.807) is 4.68 Å². The van der Waals surface area contributed by atoms with Crippen LogP contribution >= 0.6 is 0 Å². The van der Waals surface area contributed by atoms with Crippen LogP contribution < -0.4 is 0 Å². The van der Waals surface area contributed by atoms with Crippen LogP contribution in [-0.2, 0) is 4.74 Å². The number of hydrazine groups is 1. The molecule has 1 aromatic carbocycles. The van der Waals surface area contributed by atoms with E-state index in [9.17, 15) is 14.4 Å². The number of ether oxygens (including phenoxy) is 1. The van der Waals surface area contributed by atoms with E-state index in [1.165, 1.54) is 41.8 Å². The number of nitrogens with zero attached hydrogens (tertiary/aromatic N) is 5. The molecule has 4 rings (SSSR count). The van der Waals surface area contributed by atoms with Gasteiger partial charge in [-0.3, -0.25) is 14.6 Å². The van der Waals surface area contributed by atoms with E-state index in [1.807, 2.05) is 37.3 Å².